The number of amides is 1. The number of nitrogens with zero attached hydrogens (tertiary/aromatic N) is 2. The Hall–Kier alpha value is -2.45. The lowest BCUT2D eigenvalue weighted by molar-refractivity contribution is 0.0915. The smallest absolute Gasteiger partial charge is 0.268 e. The molecule has 1 amide bonds. The van der Waals surface area contributed by atoms with Crippen LogP contribution in [0.25, 0.3) is 0 Å². The summed E-state index contributed by atoms with van der Waals surface area (Å²) in [6, 6.07) is 8.30. The van der Waals surface area contributed by atoms with Crippen molar-refractivity contribution in [2.24, 2.45) is 7.05 Å². The van der Waals surface area contributed by atoms with Gasteiger partial charge in [0.15, 0.2) is 5.78 Å². The van der Waals surface area contributed by atoms with Crippen molar-refractivity contribution in [1.82, 2.24) is 14.2 Å². The monoisotopic (exact) mass is 403 g/mol. The number of nitrogens with one attached hydrogen (secondary N) is 1. The maximum absolute atomic E-state index is 12.8. The molecular formula is C20H25N3O4S. The molecule has 8 heteroatoms. The number of piperidine rings is 1. The van der Waals surface area contributed by atoms with Crippen molar-refractivity contribution in [1.29, 1.82) is 0 Å². The van der Waals surface area contributed by atoms with E-state index < -0.39 is 10.0 Å². The van der Waals surface area contributed by atoms with E-state index in [1.807, 2.05) is 6.92 Å². The lowest BCUT2D eigenvalue weighted by Gasteiger charge is -2.31. The second-order valence-electron chi connectivity index (χ2n) is 7.25. The third-order valence-electron chi connectivity index (χ3n) is 5.09. The summed E-state index contributed by atoms with van der Waals surface area (Å²) in [5.41, 5.74) is 1.92. The van der Waals surface area contributed by atoms with E-state index in [1.54, 1.807) is 48.1 Å². The van der Waals surface area contributed by atoms with Gasteiger partial charge in [0.1, 0.15) is 5.69 Å². The topological polar surface area (TPSA) is 88.5 Å². The van der Waals surface area contributed by atoms with Crippen molar-refractivity contribution in [3.63, 3.8) is 0 Å². The van der Waals surface area contributed by atoms with Gasteiger partial charge >= 0.3 is 0 Å². The van der Waals surface area contributed by atoms with Gasteiger partial charge in [0.2, 0.25) is 10.0 Å². The lowest BCUT2D eigenvalue weighted by atomic mass is 10.1. The molecule has 3 rings (SSSR count). The number of benzene rings is 1. The van der Waals surface area contributed by atoms with Gasteiger partial charge in [0.05, 0.1) is 4.90 Å². The van der Waals surface area contributed by atoms with Crippen LogP contribution in [0.2, 0.25) is 0 Å². The van der Waals surface area contributed by atoms with Crippen molar-refractivity contribution in [3.05, 3.63) is 53.3 Å². The van der Waals surface area contributed by atoms with Gasteiger partial charge in [-0.05, 0) is 44.9 Å². The first kappa shape index (κ1) is 20.3. The van der Waals surface area contributed by atoms with Crippen molar-refractivity contribution in [2.75, 3.05) is 13.1 Å². The maximum Gasteiger partial charge on any atom is 0.268 e. The first-order chi connectivity index (χ1) is 13.2. The van der Waals surface area contributed by atoms with E-state index in [1.165, 1.54) is 11.2 Å². The minimum absolute atomic E-state index is 0.0933. The molecule has 0 spiro atoms. The zero-order chi connectivity index (χ0) is 20.5. The van der Waals surface area contributed by atoms with Gasteiger partial charge in [0, 0.05) is 37.9 Å². The summed E-state index contributed by atoms with van der Waals surface area (Å²) in [4.78, 5) is 24.3. The number of aromatic nitrogens is 1. The number of carbonyl (C=O) groups is 2. The Bertz CT molecular complexity index is 985. The molecule has 0 radical (unpaired) electrons. The Kier molecular flexibility index (Phi) is 5.71. The minimum atomic E-state index is -3.52. The highest BCUT2D eigenvalue weighted by Crippen LogP contribution is 2.21. The van der Waals surface area contributed by atoms with Crippen molar-refractivity contribution in [2.45, 2.75) is 37.6 Å². The second-order valence-corrected chi connectivity index (χ2v) is 9.18. The Labute approximate surface area is 165 Å². The van der Waals surface area contributed by atoms with Gasteiger partial charge in [-0.25, -0.2) is 8.42 Å². The highest BCUT2D eigenvalue weighted by atomic mass is 32.2. The molecule has 0 atom stereocenters. The first-order valence-electron chi connectivity index (χ1n) is 9.23. The first-order valence-corrected chi connectivity index (χ1v) is 10.7. The average molecular weight is 404 g/mol. The minimum Gasteiger partial charge on any atom is -0.348 e. The van der Waals surface area contributed by atoms with E-state index >= 15 is 0 Å². The number of hydrogen-bond donors (Lipinski definition) is 1. The lowest BCUT2D eigenvalue weighted by Crippen LogP contribution is -2.46. The summed E-state index contributed by atoms with van der Waals surface area (Å²) in [6.45, 7) is 4.08. The van der Waals surface area contributed by atoms with Crippen LogP contribution in [-0.2, 0) is 17.1 Å². The summed E-state index contributed by atoms with van der Waals surface area (Å²) in [6.07, 6.45) is 2.72. The third-order valence-corrected chi connectivity index (χ3v) is 7.00. The highest BCUT2D eigenvalue weighted by molar-refractivity contribution is 7.89. The molecule has 7 nitrogen and oxygen atoms in total. The van der Waals surface area contributed by atoms with Crippen LogP contribution in [0.4, 0.5) is 0 Å². The Morgan fingerprint density at radius 2 is 1.71 bits per heavy atom. The van der Waals surface area contributed by atoms with E-state index in [-0.39, 0.29) is 17.7 Å². The van der Waals surface area contributed by atoms with Gasteiger partial charge in [-0.1, -0.05) is 17.7 Å². The van der Waals surface area contributed by atoms with Gasteiger partial charge in [0.25, 0.3) is 5.91 Å². The Balaban J connectivity index is 1.62. The van der Waals surface area contributed by atoms with Crippen LogP contribution in [0, 0.1) is 6.92 Å². The predicted molar refractivity (Wildman–Crippen MR) is 106 cm³/mol. The van der Waals surface area contributed by atoms with E-state index in [0.717, 1.165) is 5.56 Å². The molecule has 150 valence electrons. The molecular weight excluding hydrogens is 378 g/mol. The van der Waals surface area contributed by atoms with Gasteiger partial charge < -0.3 is 9.88 Å². The normalized spacial score (nSPS) is 16.1. The van der Waals surface area contributed by atoms with E-state index in [2.05, 4.69) is 5.32 Å². The fourth-order valence-corrected chi connectivity index (χ4v) is 4.81. The summed E-state index contributed by atoms with van der Waals surface area (Å²) in [7, 11) is -1.80. The number of Topliss-reactive ketones (excluding diaryl/α,β-unsaturated/α-hetero) is 1. The maximum atomic E-state index is 12.8. The van der Waals surface area contributed by atoms with Gasteiger partial charge in [-0.3, -0.25) is 9.59 Å². The molecule has 28 heavy (non-hydrogen) atoms. The number of ketones is 1. The fourth-order valence-electron chi connectivity index (χ4n) is 3.34. The number of hydrogen-bond acceptors (Lipinski definition) is 4. The molecule has 1 aliphatic heterocycles. The molecule has 0 bridgehead atoms. The number of aryl methyl sites for hydroxylation is 2. The SMILES string of the molecule is CC(=O)c1cc(C(=O)NC2CCN(S(=O)(=O)c3ccc(C)cc3)CC2)n(C)c1. The van der Waals surface area contributed by atoms with Gasteiger partial charge in [-0.15, -0.1) is 0 Å². The van der Waals surface area contributed by atoms with Crippen molar-refractivity contribution in [3.8, 4) is 0 Å². The van der Waals surface area contributed by atoms with Crippen LogP contribution in [0.5, 0.6) is 0 Å². The average Bonchev–Trinajstić information content (AvgIpc) is 3.05. The fraction of sp³-hybridized carbons (Fsp3) is 0.400. The largest absolute Gasteiger partial charge is 0.348 e. The molecule has 0 unspecified atom stereocenters. The molecule has 0 aliphatic carbocycles. The Morgan fingerprint density at radius 3 is 2.25 bits per heavy atom. The van der Waals surface area contributed by atoms with E-state index in [9.17, 15) is 18.0 Å². The summed E-state index contributed by atoms with van der Waals surface area (Å²) >= 11 is 0. The molecule has 2 aromatic rings. The van der Waals surface area contributed by atoms with Gasteiger partial charge in [-0.2, -0.15) is 4.31 Å². The zero-order valence-corrected chi connectivity index (χ0v) is 17.1. The van der Waals surface area contributed by atoms with Crippen LogP contribution in [0.3, 0.4) is 0 Å². The van der Waals surface area contributed by atoms with E-state index in [4.69, 9.17) is 0 Å². The third kappa shape index (κ3) is 4.18. The number of sulfonamides is 1. The Morgan fingerprint density at radius 1 is 1.11 bits per heavy atom. The molecule has 1 N–H and O–H groups in total. The molecule has 1 aliphatic rings. The van der Waals surface area contributed by atoms with E-state index in [0.29, 0.717) is 42.1 Å². The zero-order valence-electron chi connectivity index (χ0n) is 16.3. The van der Waals surface area contributed by atoms with Crippen molar-refractivity contribution >= 4 is 21.7 Å². The summed E-state index contributed by atoms with van der Waals surface area (Å²) in [5.74, 6) is -0.348. The van der Waals surface area contributed by atoms with Crippen LogP contribution < -0.4 is 5.32 Å². The highest BCUT2D eigenvalue weighted by Gasteiger charge is 2.30. The van der Waals surface area contributed by atoms with Crippen molar-refractivity contribution < 1.29 is 18.0 Å². The number of carbonyl (C=O) groups excluding carboxylic acids is 2. The molecule has 1 fully saturated rings. The van der Waals surface area contributed by atoms with Crippen LogP contribution >= 0.6 is 0 Å². The summed E-state index contributed by atoms with van der Waals surface area (Å²) in [5, 5.41) is 2.95. The quantitative estimate of drug-likeness (QED) is 0.775. The van der Waals surface area contributed by atoms with Crippen LogP contribution in [-0.4, -0.2) is 48.1 Å². The molecule has 1 aromatic carbocycles. The second kappa shape index (κ2) is 7.89. The van der Waals surface area contributed by atoms with Crippen LogP contribution in [0.15, 0.2) is 41.4 Å². The molecule has 1 saturated heterocycles. The molecule has 1 aromatic heterocycles. The summed E-state index contributed by atoms with van der Waals surface area (Å²) < 4.78 is 28.6. The predicted octanol–water partition coefficient (Wildman–Crippen LogP) is 2.12. The standard InChI is InChI=1S/C20H25N3O4S/c1-14-4-6-18(7-5-14)28(26,27)23-10-8-17(9-11-23)21-20(25)19-12-16(15(2)24)13-22(19)3/h4-7,12-13,17H,8-11H2,1-3H3,(H,21,25). The molecule has 2 heterocycles. The number of rotatable bonds is 5. The molecule has 0 saturated carbocycles. The van der Waals surface area contributed by atoms with Crippen LogP contribution in [0.1, 0.15) is 46.2 Å².